The van der Waals surface area contributed by atoms with Crippen LogP contribution < -0.4 is 20.7 Å². The molecule has 7 heteroatoms. The second-order valence-electron chi connectivity index (χ2n) is 5.97. The van der Waals surface area contributed by atoms with Gasteiger partial charge in [0, 0.05) is 30.7 Å². The molecule has 0 amide bonds. The highest BCUT2D eigenvalue weighted by Gasteiger charge is 2.35. The zero-order valence-corrected chi connectivity index (χ0v) is 12.8. The van der Waals surface area contributed by atoms with E-state index in [9.17, 15) is 4.39 Å². The maximum Gasteiger partial charge on any atom is 0.172 e. The van der Waals surface area contributed by atoms with Gasteiger partial charge in [-0.25, -0.2) is 4.39 Å². The van der Waals surface area contributed by atoms with Gasteiger partial charge in [0.1, 0.15) is 0 Å². The molecule has 120 valence electrons. The number of anilines is 2. The average molecular weight is 315 g/mol. The van der Waals surface area contributed by atoms with E-state index in [2.05, 4.69) is 20.4 Å². The Labute approximate surface area is 133 Å². The molecule has 0 aliphatic carbocycles. The largest absolute Gasteiger partial charge is 0.493 e. The third-order valence-electron chi connectivity index (χ3n) is 4.48. The smallest absolute Gasteiger partial charge is 0.172 e. The molecule has 2 aliphatic heterocycles. The van der Waals surface area contributed by atoms with Gasteiger partial charge in [0.2, 0.25) is 0 Å². The van der Waals surface area contributed by atoms with Gasteiger partial charge in [-0.1, -0.05) is 6.07 Å². The molecular formula is C16H18FN5O. The van der Waals surface area contributed by atoms with E-state index in [1.807, 2.05) is 6.07 Å². The van der Waals surface area contributed by atoms with Crippen molar-refractivity contribution < 1.29 is 9.13 Å². The summed E-state index contributed by atoms with van der Waals surface area (Å²) in [4.78, 5) is 2.26. The van der Waals surface area contributed by atoms with E-state index in [4.69, 9.17) is 10.5 Å². The molecule has 3 heterocycles. The van der Waals surface area contributed by atoms with Gasteiger partial charge in [-0.15, -0.1) is 10.2 Å². The molecule has 1 saturated heterocycles. The van der Waals surface area contributed by atoms with Gasteiger partial charge in [-0.05, 0) is 24.6 Å². The van der Waals surface area contributed by atoms with Crippen LogP contribution in [0.25, 0.3) is 11.3 Å². The lowest BCUT2D eigenvalue weighted by Gasteiger charge is -2.33. The zero-order valence-electron chi connectivity index (χ0n) is 12.8. The average Bonchev–Trinajstić information content (AvgIpc) is 2.95. The highest BCUT2D eigenvalue weighted by atomic mass is 19.1. The highest BCUT2D eigenvalue weighted by molar-refractivity contribution is 5.77. The number of hydrogen-bond donors (Lipinski definition) is 2. The van der Waals surface area contributed by atoms with Crippen LogP contribution in [0, 0.1) is 5.82 Å². The van der Waals surface area contributed by atoms with Gasteiger partial charge in [0.25, 0.3) is 0 Å². The summed E-state index contributed by atoms with van der Waals surface area (Å²) in [7, 11) is 1.45. The number of hydrogen-bond acceptors (Lipinski definition) is 6. The van der Waals surface area contributed by atoms with E-state index in [0.29, 0.717) is 17.3 Å². The zero-order chi connectivity index (χ0) is 16.0. The second-order valence-corrected chi connectivity index (χ2v) is 5.97. The van der Waals surface area contributed by atoms with E-state index in [0.717, 1.165) is 31.0 Å². The van der Waals surface area contributed by atoms with E-state index >= 15 is 0 Å². The van der Waals surface area contributed by atoms with E-state index in [1.54, 1.807) is 12.1 Å². The maximum atomic E-state index is 13.9. The van der Waals surface area contributed by atoms with Crippen LogP contribution in [0.1, 0.15) is 6.42 Å². The number of aromatic nitrogens is 2. The van der Waals surface area contributed by atoms with Crippen LogP contribution in [0.15, 0.2) is 24.3 Å². The van der Waals surface area contributed by atoms with Crippen molar-refractivity contribution in [3.63, 3.8) is 0 Å². The van der Waals surface area contributed by atoms with Crippen molar-refractivity contribution in [3.8, 4) is 17.0 Å². The first-order chi connectivity index (χ1) is 11.2. The normalized spacial score (nSPS) is 22.3. The summed E-state index contributed by atoms with van der Waals surface area (Å²) in [6, 6.07) is 7.24. The monoisotopic (exact) mass is 315 g/mol. The van der Waals surface area contributed by atoms with Gasteiger partial charge < -0.3 is 20.7 Å². The third-order valence-corrected chi connectivity index (χ3v) is 4.48. The summed E-state index contributed by atoms with van der Waals surface area (Å²) in [5.74, 6) is 0.512. The first kappa shape index (κ1) is 14.2. The summed E-state index contributed by atoms with van der Waals surface area (Å²) < 4.78 is 19.1. The topological polar surface area (TPSA) is 76.3 Å². The minimum Gasteiger partial charge on any atom is -0.493 e. The van der Waals surface area contributed by atoms with Crippen LogP contribution in [-0.2, 0) is 0 Å². The molecule has 2 aromatic rings. The minimum absolute atomic E-state index is 0.160. The molecule has 0 spiro atoms. The summed E-state index contributed by atoms with van der Waals surface area (Å²) in [5.41, 5.74) is 8.23. The van der Waals surface area contributed by atoms with Crippen LogP contribution in [0.4, 0.5) is 15.9 Å². The van der Waals surface area contributed by atoms with Crippen molar-refractivity contribution in [1.82, 2.24) is 10.2 Å². The Kier molecular flexibility index (Phi) is 3.30. The molecule has 23 heavy (non-hydrogen) atoms. The van der Waals surface area contributed by atoms with Crippen LogP contribution in [-0.4, -0.2) is 42.5 Å². The molecule has 0 radical (unpaired) electrons. The standard InChI is InChI=1S/C16H18FN5O/c1-23-15-11(3-2-4-12(15)17)13-6-14-16(21-20-13)19-7-10-5-9(18)8-22(10)14/h2-4,6,9-10H,5,7-8,18H2,1H3,(H,19,21). The molecular weight excluding hydrogens is 297 g/mol. The van der Waals surface area contributed by atoms with Crippen molar-refractivity contribution in [2.24, 2.45) is 5.73 Å². The van der Waals surface area contributed by atoms with Crippen molar-refractivity contribution in [2.45, 2.75) is 18.5 Å². The number of nitrogens with two attached hydrogens (primary N) is 1. The van der Waals surface area contributed by atoms with Crippen LogP contribution in [0.2, 0.25) is 0 Å². The molecule has 1 aromatic heterocycles. The molecule has 4 rings (SSSR count). The molecule has 2 atom stereocenters. The van der Waals surface area contributed by atoms with E-state index in [-0.39, 0.29) is 11.8 Å². The number of fused-ring (bicyclic) bond motifs is 3. The Balaban J connectivity index is 1.80. The Hall–Kier alpha value is -2.41. The lowest BCUT2D eigenvalue weighted by atomic mass is 10.1. The minimum atomic E-state index is -0.413. The molecule has 0 bridgehead atoms. The Morgan fingerprint density at radius 3 is 3.09 bits per heavy atom. The summed E-state index contributed by atoms with van der Waals surface area (Å²) >= 11 is 0. The van der Waals surface area contributed by atoms with Gasteiger partial charge in [-0.3, -0.25) is 0 Å². The number of para-hydroxylation sites is 1. The summed E-state index contributed by atoms with van der Waals surface area (Å²) in [5, 5.41) is 11.8. The lowest BCUT2D eigenvalue weighted by Crippen LogP contribution is -2.40. The Morgan fingerprint density at radius 2 is 2.26 bits per heavy atom. The van der Waals surface area contributed by atoms with E-state index < -0.39 is 5.82 Å². The SMILES string of the molecule is COc1c(F)cccc1-c1cc2c(nn1)NCC1CC(N)CN21. The number of ether oxygens (including phenoxy) is 1. The number of methoxy groups -OCH3 is 1. The summed E-state index contributed by atoms with van der Waals surface area (Å²) in [6.07, 6.45) is 0.952. The molecule has 1 aromatic carbocycles. The van der Waals surface area contributed by atoms with Crippen molar-refractivity contribution in [1.29, 1.82) is 0 Å². The van der Waals surface area contributed by atoms with E-state index in [1.165, 1.54) is 13.2 Å². The molecule has 2 unspecified atom stereocenters. The third kappa shape index (κ3) is 2.28. The predicted octanol–water partition coefficient (Wildman–Crippen LogP) is 1.62. The number of halogens is 1. The first-order valence-electron chi connectivity index (χ1n) is 7.64. The number of nitrogens with one attached hydrogen (secondary N) is 1. The van der Waals surface area contributed by atoms with Gasteiger partial charge in [0.15, 0.2) is 17.4 Å². The van der Waals surface area contributed by atoms with Crippen molar-refractivity contribution in [3.05, 3.63) is 30.1 Å². The van der Waals surface area contributed by atoms with Gasteiger partial charge in [0.05, 0.1) is 18.5 Å². The Bertz CT molecular complexity index is 753. The fraction of sp³-hybridized carbons (Fsp3) is 0.375. The highest BCUT2D eigenvalue weighted by Crippen LogP contribution is 2.38. The van der Waals surface area contributed by atoms with Crippen LogP contribution in [0.3, 0.4) is 0 Å². The van der Waals surface area contributed by atoms with Crippen molar-refractivity contribution in [2.75, 3.05) is 30.4 Å². The molecule has 6 nitrogen and oxygen atoms in total. The first-order valence-corrected chi connectivity index (χ1v) is 7.64. The fourth-order valence-corrected chi connectivity index (χ4v) is 3.43. The van der Waals surface area contributed by atoms with Gasteiger partial charge in [-0.2, -0.15) is 0 Å². The van der Waals surface area contributed by atoms with Gasteiger partial charge >= 0.3 is 0 Å². The van der Waals surface area contributed by atoms with Crippen LogP contribution in [0.5, 0.6) is 5.75 Å². The molecule has 0 saturated carbocycles. The summed E-state index contributed by atoms with van der Waals surface area (Å²) in [6.45, 7) is 1.61. The second kappa shape index (κ2) is 5.34. The number of nitrogens with zero attached hydrogens (tertiary/aromatic N) is 3. The van der Waals surface area contributed by atoms with Crippen LogP contribution >= 0.6 is 0 Å². The predicted molar refractivity (Wildman–Crippen MR) is 86.2 cm³/mol. The number of rotatable bonds is 2. The maximum absolute atomic E-state index is 13.9. The molecule has 1 fully saturated rings. The molecule has 3 N–H and O–H groups in total. The number of benzene rings is 1. The fourth-order valence-electron chi connectivity index (χ4n) is 3.43. The molecule has 2 aliphatic rings. The lowest BCUT2D eigenvalue weighted by molar-refractivity contribution is 0.388. The Morgan fingerprint density at radius 1 is 1.39 bits per heavy atom. The van der Waals surface area contributed by atoms with Crippen molar-refractivity contribution >= 4 is 11.5 Å². The quantitative estimate of drug-likeness (QED) is 0.877.